The molecule has 3 fully saturated rings. The van der Waals surface area contributed by atoms with Gasteiger partial charge in [0, 0.05) is 43.1 Å². The van der Waals surface area contributed by atoms with Crippen molar-refractivity contribution in [3.63, 3.8) is 0 Å². The Kier molecular flexibility index (Phi) is 4.20. The second kappa shape index (κ2) is 6.60. The smallest absolute Gasteiger partial charge is 0.272 e. The van der Waals surface area contributed by atoms with E-state index in [1.165, 1.54) is 12.8 Å². The molecule has 1 N–H and O–H groups in total. The Morgan fingerprint density at radius 1 is 1.15 bits per heavy atom. The van der Waals surface area contributed by atoms with E-state index in [0.29, 0.717) is 17.8 Å². The summed E-state index contributed by atoms with van der Waals surface area (Å²) in [5.41, 5.74) is 1.67. The monoisotopic (exact) mass is 367 g/mol. The fourth-order valence-electron chi connectivity index (χ4n) is 4.94. The van der Waals surface area contributed by atoms with Gasteiger partial charge in [0.05, 0.1) is 5.52 Å². The minimum atomic E-state index is -0.0123. The largest absolute Gasteiger partial charge is 0.348 e. The molecule has 2 saturated heterocycles. The standard InChI is InChI=1S/C21H29N5O/c1-24-12-16-9-15(10-17(13-24)25(16)2)22-21(27)20-18-5-3-4-6-19(18)26(23-20)11-14-7-8-14/h3-6,14-17H,7-13H2,1-2H3,(H,22,27)/t15?,16-,17+. The molecule has 6 nitrogen and oxygen atoms in total. The molecule has 3 aliphatic rings. The Bertz CT molecular complexity index is 841. The second-order valence-corrected chi connectivity index (χ2v) is 8.83. The van der Waals surface area contributed by atoms with Gasteiger partial charge in [-0.15, -0.1) is 0 Å². The van der Waals surface area contributed by atoms with Crippen LogP contribution in [-0.4, -0.2) is 70.8 Å². The van der Waals surface area contributed by atoms with Gasteiger partial charge in [-0.05, 0) is 51.8 Å². The van der Waals surface area contributed by atoms with Crippen molar-refractivity contribution in [2.24, 2.45) is 5.92 Å². The molecule has 3 atom stereocenters. The van der Waals surface area contributed by atoms with Gasteiger partial charge in [-0.2, -0.15) is 5.10 Å². The van der Waals surface area contributed by atoms with E-state index in [-0.39, 0.29) is 11.9 Å². The van der Waals surface area contributed by atoms with Crippen molar-refractivity contribution >= 4 is 16.8 Å². The summed E-state index contributed by atoms with van der Waals surface area (Å²) in [7, 11) is 4.43. The quantitative estimate of drug-likeness (QED) is 0.898. The lowest BCUT2D eigenvalue weighted by molar-refractivity contribution is 0.00837. The van der Waals surface area contributed by atoms with Crippen molar-refractivity contribution in [2.75, 3.05) is 27.2 Å². The summed E-state index contributed by atoms with van der Waals surface area (Å²) in [5.74, 6) is 0.719. The average molecular weight is 367 g/mol. The molecule has 1 aromatic heterocycles. The van der Waals surface area contributed by atoms with Crippen LogP contribution in [0.4, 0.5) is 0 Å². The number of nitrogens with one attached hydrogen (secondary N) is 1. The number of para-hydroxylation sites is 1. The number of hydrogen-bond donors (Lipinski definition) is 1. The fourth-order valence-corrected chi connectivity index (χ4v) is 4.94. The fraction of sp³-hybridized carbons (Fsp3) is 0.619. The highest BCUT2D eigenvalue weighted by molar-refractivity contribution is 6.05. The first-order valence-electron chi connectivity index (χ1n) is 10.3. The van der Waals surface area contributed by atoms with E-state index in [2.05, 4.69) is 35.3 Å². The average Bonchev–Trinajstić information content (AvgIpc) is 3.37. The molecule has 3 heterocycles. The van der Waals surface area contributed by atoms with Gasteiger partial charge >= 0.3 is 0 Å². The molecule has 0 spiro atoms. The number of carbonyl (C=O) groups is 1. The van der Waals surface area contributed by atoms with Gasteiger partial charge in [0.15, 0.2) is 5.69 Å². The first-order valence-corrected chi connectivity index (χ1v) is 10.3. The van der Waals surface area contributed by atoms with Crippen molar-refractivity contribution in [1.82, 2.24) is 24.9 Å². The zero-order chi connectivity index (χ0) is 18.5. The number of carbonyl (C=O) groups excluding carboxylic acids is 1. The van der Waals surface area contributed by atoms with E-state index >= 15 is 0 Å². The second-order valence-electron chi connectivity index (χ2n) is 8.83. The van der Waals surface area contributed by atoms with Crippen LogP contribution in [0.1, 0.15) is 36.2 Å². The number of benzene rings is 1. The van der Waals surface area contributed by atoms with E-state index in [9.17, 15) is 4.79 Å². The zero-order valence-corrected chi connectivity index (χ0v) is 16.3. The van der Waals surface area contributed by atoms with Gasteiger partial charge in [0.25, 0.3) is 5.91 Å². The predicted molar refractivity (Wildman–Crippen MR) is 106 cm³/mol. The number of nitrogens with zero attached hydrogens (tertiary/aromatic N) is 4. The molecule has 0 radical (unpaired) electrons. The van der Waals surface area contributed by atoms with Gasteiger partial charge in [0.2, 0.25) is 0 Å². The highest BCUT2D eigenvalue weighted by Crippen LogP contribution is 2.32. The lowest BCUT2D eigenvalue weighted by Crippen LogP contribution is -2.63. The number of aromatic nitrogens is 2. The van der Waals surface area contributed by atoms with Gasteiger partial charge < -0.3 is 10.2 Å². The van der Waals surface area contributed by atoms with Gasteiger partial charge in [0.1, 0.15) is 0 Å². The van der Waals surface area contributed by atoms with Crippen LogP contribution in [0.25, 0.3) is 10.9 Å². The maximum Gasteiger partial charge on any atom is 0.272 e. The summed E-state index contributed by atoms with van der Waals surface area (Å²) in [4.78, 5) is 18.0. The van der Waals surface area contributed by atoms with Crippen LogP contribution in [0.15, 0.2) is 24.3 Å². The third kappa shape index (κ3) is 3.25. The molecule has 1 amide bonds. The molecule has 6 heteroatoms. The lowest BCUT2D eigenvalue weighted by Gasteiger charge is -2.50. The van der Waals surface area contributed by atoms with Crippen LogP contribution in [0, 0.1) is 5.92 Å². The third-order valence-electron chi connectivity index (χ3n) is 6.65. The van der Waals surface area contributed by atoms with Crippen LogP contribution in [0.2, 0.25) is 0 Å². The van der Waals surface area contributed by atoms with E-state index in [4.69, 9.17) is 5.10 Å². The summed E-state index contributed by atoms with van der Waals surface area (Å²) in [5, 5.41) is 9.01. The lowest BCUT2D eigenvalue weighted by atomic mass is 9.88. The van der Waals surface area contributed by atoms with Crippen LogP contribution < -0.4 is 5.32 Å². The molecule has 2 aliphatic heterocycles. The van der Waals surface area contributed by atoms with Gasteiger partial charge in [-0.1, -0.05) is 18.2 Å². The van der Waals surface area contributed by atoms with Gasteiger partial charge in [-0.25, -0.2) is 0 Å². The molecule has 1 aromatic carbocycles. The molecule has 1 unspecified atom stereocenters. The first kappa shape index (κ1) is 17.2. The minimum absolute atomic E-state index is 0.0123. The van der Waals surface area contributed by atoms with Crippen molar-refractivity contribution in [1.29, 1.82) is 0 Å². The molecule has 5 rings (SSSR count). The molecule has 27 heavy (non-hydrogen) atoms. The van der Waals surface area contributed by atoms with Crippen LogP contribution in [0.3, 0.4) is 0 Å². The highest BCUT2D eigenvalue weighted by Gasteiger charge is 2.38. The summed E-state index contributed by atoms with van der Waals surface area (Å²) in [6.45, 7) is 3.09. The topological polar surface area (TPSA) is 53.4 Å². The number of likely N-dealkylation sites (tertiary alicyclic amines) is 1. The first-order chi connectivity index (χ1) is 13.1. The highest BCUT2D eigenvalue weighted by atomic mass is 16.2. The molecule has 2 aromatic rings. The van der Waals surface area contributed by atoms with Crippen molar-refractivity contribution < 1.29 is 4.79 Å². The molecule has 144 valence electrons. The number of amides is 1. The van der Waals surface area contributed by atoms with E-state index in [0.717, 1.165) is 49.3 Å². The van der Waals surface area contributed by atoms with Crippen molar-refractivity contribution in [3.05, 3.63) is 30.0 Å². The van der Waals surface area contributed by atoms with Crippen molar-refractivity contribution in [2.45, 2.75) is 50.4 Å². The third-order valence-corrected chi connectivity index (χ3v) is 6.65. The molecular weight excluding hydrogens is 338 g/mol. The van der Waals surface area contributed by atoms with E-state index < -0.39 is 0 Å². The number of hydrogen-bond acceptors (Lipinski definition) is 4. The Morgan fingerprint density at radius 3 is 2.56 bits per heavy atom. The Balaban J connectivity index is 1.35. The number of piperidine rings is 1. The molecule has 1 saturated carbocycles. The minimum Gasteiger partial charge on any atom is -0.348 e. The summed E-state index contributed by atoms with van der Waals surface area (Å²) < 4.78 is 2.04. The van der Waals surface area contributed by atoms with E-state index in [1.54, 1.807) is 0 Å². The van der Waals surface area contributed by atoms with Gasteiger partial charge in [-0.3, -0.25) is 14.4 Å². The van der Waals surface area contributed by atoms with Crippen LogP contribution in [0.5, 0.6) is 0 Å². The number of piperazine rings is 1. The molecule has 1 aliphatic carbocycles. The zero-order valence-electron chi connectivity index (χ0n) is 16.3. The molecular formula is C21H29N5O. The van der Waals surface area contributed by atoms with Crippen LogP contribution in [-0.2, 0) is 6.54 Å². The maximum atomic E-state index is 13.1. The maximum absolute atomic E-state index is 13.1. The summed E-state index contributed by atoms with van der Waals surface area (Å²) >= 11 is 0. The normalized spacial score (nSPS) is 29.2. The number of likely N-dealkylation sites (N-methyl/N-ethyl adjacent to an activating group) is 2. The Hall–Kier alpha value is -1.92. The predicted octanol–water partition coefficient (Wildman–Crippen LogP) is 1.95. The Morgan fingerprint density at radius 2 is 1.85 bits per heavy atom. The summed E-state index contributed by atoms with van der Waals surface area (Å²) in [6.07, 6.45) is 4.60. The Labute approximate surface area is 160 Å². The van der Waals surface area contributed by atoms with Crippen molar-refractivity contribution in [3.8, 4) is 0 Å². The SMILES string of the molecule is CN1C[C@H]2CC(NC(=O)c3nn(CC4CC4)c4ccccc34)C[C@@H](C1)N2C. The number of fused-ring (bicyclic) bond motifs is 3. The molecule has 2 bridgehead atoms. The summed E-state index contributed by atoms with van der Waals surface area (Å²) in [6, 6.07) is 9.43. The van der Waals surface area contributed by atoms with Crippen LogP contribution >= 0.6 is 0 Å². The number of rotatable bonds is 4. The van der Waals surface area contributed by atoms with E-state index in [1.807, 2.05) is 22.9 Å².